The van der Waals surface area contributed by atoms with Gasteiger partial charge in [-0.05, 0) is 31.3 Å². The number of rotatable bonds is 4. The largest absolute Gasteiger partial charge is 0.458 e. The van der Waals surface area contributed by atoms with E-state index < -0.39 is 0 Å². The van der Waals surface area contributed by atoms with Crippen molar-refractivity contribution >= 4 is 5.97 Å². The average Bonchev–Trinajstić information content (AvgIpc) is 2.28. The molecule has 0 aliphatic heterocycles. The Balaban J connectivity index is 2.53. The molecule has 0 bridgehead atoms. The molecule has 86 valence electrons. The van der Waals surface area contributed by atoms with E-state index in [0.717, 1.165) is 31.3 Å². The molecule has 3 heteroatoms. The summed E-state index contributed by atoms with van der Waals surface area (Å²) in [6.07, 6.45) is 5.44. The van der Waals surface area contributed by atoms with Crippen LogP contribution in [0.4, 0.5) is 0 Å². The normalized spacial score (nSPS) is 23.1. The smallest absolute Gasteiger partial charge is 0.309 e. The summed E-state index contributed by atoms with van der Waals surface area (Å²) < 4.78 is 5.38. The maximum absolute atomic E-state index is 11.6. The zero-order valence-electron chi connectivity index (χ0n) is 9.53. The Hall–Kier alpha value is -0.830. The summed E-state index contributed by atoms with van der Waals surface area (Å²) in [7, 11) is 0. The van der Waals surface area contributed by atoms with Crippen LogP contribution in [-0.2, 0) is 9.53 Å². The Labute approximate surface area is 91.1 Å². The first-order valence-electron chi connectivity index (χ1n) is 5.69. The molecule has 0 radical (unpaired) electrons. The number of allylic oxidation sites excluding steroid dienone is 1. The summed E-state index contributed by atoms with van der Waals surface area (Å²) in [5.41, 5.74) is 0.859. The quantitative estimate of drug-likeness (QED) is 0.573. The molecule has 0 saturated heterocycles. The minimum absolute atomic E-state index is 0.00154. The van der Waals surface area contributed by atoms with Crippen LogP contribution in [-0.4, -0.2) is 23.8 Å². The molecule has 0 aromatic heterocycles. The van der Waals surface area contributed by atoms with Crippen LogP contribution in [0.25, 0.3) is 0 Å². The van der Waals surface area contributed by atoms with Crippen LogP contribution < -0.4 is 0 Å². The monoisotopic (exact) mass is 212 g/mol. The molecule has 1 aliphatic rings. The predicted molar refractivity (Wildman–Crippen MR) is 58.4 cm³/mol. The van der Waals surface area contributed by atoms with Gasteiger partial charge in [-0.15, -0.1) is 0 Å². The van der Waals surface area contributed by atoms with Crippen molar-refractivity contribution in [1.82, 2.24) is 0 Å². The minimum Gasteiger partial charge on any atom is -0.458 e. The Morgan fingerprint density at radius 1 is 1.73 bits per heavy atom. The number of aliphatic hydroxyl groups is 1. The molecule has 1 N–H and O–H groups in total. The van der Waals surface area contributed by atoms with Gasteiger partial charge >= 0.3 is 5.97 Å². The van der Waals surface area contributed by atoms with Crippen LogP contribution in [0.2, 0.25) is 0 Å². The maximum Gasteiger partial charge on any atom is 0.309 e. The molecule has 0 amide bonds. The number of hydrogen-bond acceptors (Lipinski definition) is 3. The first kappa shape index (κ1) is 12.2. The summed E-state index contributed by atoms with van der Waals surface area (Å²) in [6.45, 7) is 3.83. The fourth-order valence-corrected chi connectivity index (χ4v) is 1.63. The first-order valence-corrected chi connectivity index (χ1v) is 5.69. The van der Waals surface area contributed by atoms with Gasteiger partial charge in [-0.3, -0.25) is 4.79 Å². The highest BCUT2D eigenvalue weighted by Crippen LogP contribution is 2.22. The van der Waals surface area contributed by atoms with Crippen LogP contribution >= 0.6 is 0 Å². The van der Waals surface area contributed by atoms with Crippen molar-refractivity contribution in [3.8, 4) is 0 Å². The third-order valence-corrected chi connectivity index (χ3v) is 2.95. The number of hydrogen-bond donors (Lipinski definition) is 1. The van der Waals surface area contributed by atoms with E-state index in [1.54, 1.807) is 0 Å². The van der Waals surface area contributed by atoms with Gasteiger partial charge in [0.2, 0.25) is 0 Å². The van der Waals surface area contributed by atoms with Crippen LogP contribution in [0.15, 0.2) is 11.6 Å². The van der Waals surface area contributed by atoms with E-state index in [9.17, 15) is 4.79 Å². The lowest BCUT2D eigenvalue weighted by atomic mass is 9.96. The van der Waals surface area contributed by atoms with E-state index in [-0.39, 0.29) is 24.6 Å². The molecule has 0 heterocycles. The van der Waals surface area contributed by atoms with E-state index >= 15 is 0 Å². The molecule has 3 nitrogen and oxygen atoms in total. The van der Waals surface area contributed by atoms with E-state index in [1.165, 1.54) is 0 Å². The highest BCUT2D eigenvalue weighted by molar-refractivity contribution is 5.72. The highest BCUT2D eigenvalue weighted by Gasteiger charge is 2.23. The molecule has 0 aromatic rings. The first-order chi connectivity index (χ1) is 7.19. The number of aliphatic hydroxyl groups excluding tert-OH is 1. The van der Waals surface area contributed by atoms with E-state index in [1.807, 2.05) is 19.9 Å². The fourth-order valence-electron chi connectivity index (χ4n) is 1.63. The number of esters is 1. The molecule has 1 rings (SSSR count). The van der Waals surface area contributed by atoms with Gasteiger partial charge in [0.05, 0.1) is 12.5 Å². The van der Waals surface area contributed by atoms with Crippen molar-refractivity contribution in [2.45, 2.75) is 45.6 Å². The standard InChI is InChI=1S/C12H20O3/c1-3-9(2)12(14)15-11-7-5-4-6-10(11)8-13/h6,9,11,13H,3-5,7-8H2,1-2H3/t9-,11?/m1/s1. The van der Waals surface area contributed by atoms with Gasteiger partial charge < -0.3 is 9.84 Å². The van der Waals surface area contributed by atoms with Gasteiger partial charge in [0.15, 0.2) is 0 Å². The third kappa shape index (κ3) is 3.34. The molecule has 0 fully saturated rings. The lowest BCUT2D eigenvalue weighted by molar-refractivity contribution is -0.152. The second-order valence-corrected chi connectivity index (χ2v) is 4.10. The summed E-state index contributed by atoms with van der Waals surface area (Å²) in [6, 6.07) is 0. The SMILES string of the molecule is CC[C@@H](C)C(=O)OC1CCCC=C1CO. The third-order valence-electron chi connectivity index (χ3n) is 2.95. The van der Waals surface area contributed by atoms with Crippen molar-refractivity contribution in [2.75, 3.05) is 6.61 Å². The second-order valence-electron chi connectivity index (χ2n) is 4.10. The topological polar surface area (TPSA) is 46.5 Å². The van der Waals surface area contributed by atoms with Crippen molar-refractivity contribution in [3.05, 3.63) is 11.6 Å². The van der Waals surface area contributed by atoms with Gasteiger partial charge in [0, 0.05) is 0 Å². The lowest BCUT2D eigenvalue weighted by Gasteiger charge is -2.24. The summed E-state index contributed by atoms with van der Waals surface area (Å²) >= 11 is 0. The van der Waals surface area contributed by atoms with Gasteiger partial charge in [-0.1, -0.05) is 19.9 Å². The number of ether oxygens (including phenoxy) is 1. The second kappa shape index (κ2) is 5.91. The molecule has 2 atom stereocenters. The van der Waals surface area contributed by atoms with Crippen LogP contribution in [0, 0.1) is 5.92 Å². The summed E-state index contributed by atoms with van der Waals surface area (Å²) in [5, 5.41) is 9.11. The van der Waals surface area contributed by atoms with Gasteiger partial charge in [0.1, 0.15) is 6.10 Å². The molecule has 0 saturated carbocycles. The van der Waals surface area contributed by atoms with Crippen LogP contribution in [0.5, 0.6) is 0 Å². The number of carbonyl (C=O) groups is 1. The predicted octanol–water partition coefficient (Wildman–Crippen LogP) is 2.05. The average molecular weight is 212 g/mol. The van der Waals surface area contributed by atoms with Gasteiger partial charge in [-0.2, -0.15) is 0 Å². The minimum atomic E-state index is -0.190. The lowest BCUT2D eigenvalue weighted by Crippen LogP contribution is -2.27. The fraction of sp³-hybridized carbons (Fsp3) is 0.750. The molecular formula is C12H20O3. The molecule has 0 spiro atoms. The molecule has 1 aliphatic carbocycles. The summed E-state index contributed by atoms with van der Waals surface area (Å²) in [4.78, 5) is 11.6. The molecule has 15 heavy (non-hydrogen) atoms. The zero-order chi connectivity index (χ0) is 11.3. The van der Waals surface area contributed by atoms with Crippen molar-refractivity contribution in [2.24, 2.45) is 5.92 Å². The van der Waals surface area contributed by atoms with Crippen LogP contribution in [0.3, 0.4) is 0 Å². The van der Waals surface area contributed by atoms with Crippen molar-refractivity contribution < 1.29 is 14.6 Å². The summed E-state index contributed by atoms with van der Waals surface area (Å²) in [5.74, 6) is -0.199. The Morgan fingerprint density at radius 3 is 3.07 bits per heavy atom. The Bertz CT molecular complexity index is 245. The molecule has 1 unspecified atom stereocenters. The van der Waals surface area contributed by atoms with E-state index in [2.05, 4.69) is 0 Å². The Kier molecular flexibility index (Phi) is 4.82. The molecule has 0 aromatic carbocycles. The number of carbonyl (C=O) groups excluding carboxylic acids is 1. The van der Waals surface area contributed by atoms with Crippen LogP contribution in [0.1, 0.15) is 39.5 Å². The van der Waals surface area contributed by atoms with E-state index in [0.29, 0.717) is 0 Å². The zero-order valence-corrected chi connectivity index (χ0v) is 9.53. The highest BCUT2D eigenvalue weighted by atomic mass is 16.5. The van der Waals surface area contributed by atoms with Gasteiger partial charge in [-0.25, -0.2) is 0 Å². The van der Waals surface area contributed by atoms with Crippen molar-refractivity contribution in [1.29, 1.82) is 0 Å². The molecular weight excluding hydrogens is 192 g/mol. The maximum atomic E-state index is 11.6. The van der Waals surface area contributed by atoms with Gasteiger partial charge in [0.25, 0.3) is 0 Å². The van der Waals surface area contributed by atoms with Crippen molar-refractivity contribution in [3.63, 3.8) is 0 Å². The van der Waals surface area contributed by atoms with E-state index in [4.69, 9.17) is 9.84 Å². The Morgan fingerprint density at radius 2 is 2.47 bits per heavy atom.